The molecule has 1 aromatic carbocycles. The third kappa shape index (κ3) is 5.29. The predicted molar refractivity (Wildman–Crippen MR) is 70.6 cm³/mol. The molecule has 0 aromatic heterocycles. The number of hydrogen-bond acceptors (Lipinski definition) is 2. The molecular weight excluding hydrogens is 260 g/mol. The summed E-state index contributed by atoms with van der Waals surface area (Å²) in [5, 5.41) is 9.83. The Morgan fingerprint density at radius 3 is 2.06 bits per heavy atom. The highest BCUT2D eigenvalue weighted by molar-refractivity contribution is 5.85. The van der Waals surface area contributed by atoms with Crippen LogP contribution >= 0.6 is 12.4 Å². The molecule has 0 fully saturated rings. The van der Waals surface area contributed by atoms with Gasteiger partial charge >= 0.3 is 0 Å². The zero-order chi connectivity index (χ0) is 13.0. The first-order chi connectivity index (χ1) is 7.90. The smallest absolute Gasteiger partial charge is 0.126 e. The van der Waals surface area contributed by atoms with Crippen molar-refractivity contribution in [1.29, 1.82) is 0 Å². The van der Waals surface area contributed by atoms with Crippen molar-refractivity contribution in [1.82, 2.24) is 0 Å². The van der Waals surface area contributed by atoms with Crippen LogP contribution < -0.4 is 5.73 Å². The quantitative estimate of drug-likeness (QED) is 0.869. The van der Waals surface area contributed by atoms with E-state index in [4.69, 9.17) is 5.73 Å². The number of halogens is 3. The SMILES string of the molecule is CC(C)CC[C@@H](O)[C@@H](N)c1cc(F)cc(F)c1.Cl. The largest absolute Gasteiger partial charge is 0.391 e. The fraction of sp³-hybridized carbons (Fsp3) is 0.538. The molecule has 104 valence electrons. The van der Waals surface area contributed by atoms with Gasteiger partial charge in [-0.05, 0) is 36.5 Å². The van der Waals surface area contributed by atoms with Crippen LogP contribution in [0.25, 0.3) is 0 Å². The second-order valence-electron chi connectivity index (χ2n) is 4.77. The maximum Gasteiger partial charge on any atom is 0.126 e. The van der Waals surface area contributed by atoms with Gasteiger partial charge in [0.1, 0.15) is 11.6 Å². The fourth-order valence-corrected chi connectivity index (χ4v) is 1.67. The summed E-state index contributed by atoms with van der Waals surface area (Å²) in [5.74, 6) is -0.890. The zero-order valence-corrected chi connectivity index (χ0v) is 11.4. The molecule has 0 saturated carbocycles. The van der Waals surface area contributed by atoms with E-state index in [1.165, 1.54) is 0 Å². The number of aliphatic hydroxyl groups excluding tert-OH is 1. The van der Waals surface area contributed by atoms with Gasteiger partial charge in [-0.2, -0.15) is 0 Å². The van der Waals surface area contributed by atoms with Crippen LogP contribution in [0.4, 0.5) is 8.78 Å². The molecule has 0 aliphatic carbocycles. The first kappa shape index (κ1) is 17.3. The van der Waals surface area contributed by atoms with Crippen LogP contribution in [0, 0.1) is 17.6 Å². The van der Waals surface area contributed by atoms with Gasteiger partial charge in [0.15, 0.2) is 0 Å². The summed E-state index contributed by atoms with van der Waals surface area (Å²) < 4.78 is 26.0. The first-order valence-corrected chi connectivity index (χ1v) is 5.79. The monoisotopic (exact) mass is 279 g/mol. The summed E-state index contributed by atoms with van der Waals surface area (Å²) in [6.07, 6.45) is 0.572. The maximum atomic E-state index is 13.0. The van der Waals surface area contributed by atoms with Crippen LogP contribution in [0.3, 0.4) is 0 Å². The molecule has 0 aliphatic heterocycles. The highest BCUT2D eigenvalue weighted by Gasteiger charge is 2.18. The molecule has 0 unspecified atom stereocenters. The van der Waals surface area contributed by atoms with Crippen molar-refractivity contribution in [3.05, 3.63) is 35.4 Å². The van der Waals surface area contributed by atoms with Crippen LogP contribution in [0.1, 0.15) is 38.3 Å². The second-order valence-corrected chi connectivity index (χ2v) is 4.77. The molecule has 5 heteroatoms. The molecule has 0 radical (unpaired) electrons. The molecule has 0 heterocycles. The number of hydrogen-bond donors (Lipinski definition) is 2. The first-order valence-electron chi connectivity index (χ1n) is 5.79. The zero-order valence-electron chi connectivity index (χ0n) is 10.6. The Kier molecular flexibility index (Phi) is 7.36. The maximum absolute atomic E-state index is 13.0. The van der Waals surface area contributed by atoms with Crippen molar-refractivity contribution in [2.24, 2.45) is 11.7 Å². The number of benzene rings is 1. The third-order valence-corrected chi connectivity index (χ3v) is 2.72. The van der Waals surface area contributed by atoms with E-state index < -0.39 is 23.8 Å². The fourth-order valence-electron chi connectivity index (χ4n) is 1.67. The Morgan fingerprint density at radius 1 is 1.11 bits per heavy atom. The van der Waals surface area contributed by atoms with E-state index in [0.717, 1.165) is 24.6 Å². The van der Waals surface area contributed by atoms with Crippen LogP contribution in [-0.2, 0) is 0 Å². The number of aliphatic hydroxyl groups is 1. The minimum Gasteiger partial charge on any atom is -0.391 e. The molecule has 0 spiro atoms. The van der Waals surface area contributed by atoms with Gasteiger partial charge in [0.2, 0.25) is 0 Å². The van der Waals surface area contributed by atoms with Gasteiger partial charge in [-0.1, -0.05) is 13.8 Å². The van der Waals surface area contributed by atoms with E-state index in [9.17, 15) is 13.9 Å². The van der Waals surface area contributed by atoms with Crippen LogP contribution in [0.15, 0.2) is 18.2 Å². The van der Waals surface area contributed by atoms with Crippen molar-refractivity contribution in [2.75, 3.05) is 0 Å². The van der Waals surface area contributed by atoms with Gasteiger partial charge in [-0.25, -0.2) is 8.78 Å². The van der Waals surface area contributed by atoms with Gasteiger partial charge in [0, 0.05) is 6.07 Å². The van der Waals surface area contributed by atoms with Crippen molar-refractivity contribution < 1.29 is 13.9 Å². The molecule has 0 saturated heterocycles. The average molecular weight is 280 g/mol. The van der Waals surface area contributed by atoms with Crippen LogP contribution in [0.5, 0.6) is 0 Å². The molecule has 0 aliphatic rings. The molecule has 1 aromatic rings. The van der Waals surface area contributed by atoms with E-state index in [0.29, 0.717) is 17.9 Å². The molecule has 2 nitrogen and oxygen atoms in total. The second kappa shape index (κ2) is 7.67. The van der Waals surface area contributed by atoms with Gasteiger partial charge in [0.25, 0.3) is 0 Å². The van der Waals surface area contributed by atoms with E-state index in [-0.39, 0.29) is 12.4 Å². The van der Waals surface area contributed by atoms with Gasteiger partial charge in [-0.3, -0.25) is 0 Å². The number of nitrogens with two attached hydrogens (primary N) is 1. The number of rotatable bonds is 5. The van der Waals surface area contributed by atoms with Crippen molar-refractivity contribution in [3.8, 4) is 0 Å². The van der Waals surface area contributed by atoms with Crippen molar-refractivity contribution >= 4 is 12.4 Å². The van der Waals surface area contributed by atoms with E-state index in [1.807, 2.05) is 13.8 Å². The molecule has 0 amide bonds. The van der Waals surface area contributed by atoms with E-state index >= 15 is 0 Å². The highest BCUT2D eigenvalue weighted by atomic mass is 35.5. The molecule has 3 N–H and O–H groups in total. The normalized spacial score (nSPS) is 14.2. The topological polar surface area (TPSA) is 46.2 Å². The van der Waals surface area contributed by atoms with E-state index in [1.54, 1.807) is 0 Å². The van der Waals surface area contributed by atoms with Crippen LogP contribution in [-0.4, -0.2) is 11.2 Å². The standard InChI is InChI=1S/C13H19F2NO.ClH/c1-8(2)3-4-12(17)13(16)9-5-10(14)7-11(15)6-9;/h5-8,12-13,17H,3-4,16H2,1-2H3;1H/t12-,13+;/m1./s1. The Bertz CT molecular complexity index is 354. The molecule has 1 rings (SSSR count). The van der Waals surface area contributed by atoms with Crippen LogP contribution in [0.2, 0.25) is 0 Å². The van der Waals surface area contributed by atoms with E-state index in [2.05, 4.69) is 0 Å². The molecule has 2 atom stereocenters. The summed E-state index contributed by atoms with van der Waals surface area (Å²) in [5.41, 5.74) is 6.07. The summed E-state index contributed by atoms with van der Waals surface area (Å²) >= 11 is 0. The Morgan fingerprint density at radius 2 is 1.61 bits per heavy atom. The molecular formula is C13H20ClF2NO. The molecule has 18 heavy (non-hydrogen) atoms. The summed E-state index contributed by atoms with van der Waals surface area (Å²) in [4.78, 5) is 0. The lowest BCUT2D eigenvalue weighted by Gasteiger charge is -2.20. The summed E-state index contributed by atoms with van der Waals surface area (Å²) in [6, 6.07) is 2.36. The summed E-state index contributed by atoms with van der Waals surface area (Å²) in [7, 11) is 0. The van der Waals surface area contributed by atoms with Gasteiger partial charge in [0.05, 0.1) is 12.1 Å². The lowest BCUT2D eigenvalue weighted by molar-refractivity contribution is 0.128. The molecule has 0 bridgehead atoms. The Labute approximate surface area is 113 Å². The van der Waals surface area contributed by atoms with Crippen molar-refractivity contribution in [3.63, 3.8) is 0 Å². The summed E-state index contributed by atoms with van der Waals surface area (Å²) in [6.45, 7) is 4.08. The minimum absolute atomic E-state index is 0. The third-order valence-electron chi connectivity index (χ3n) is 2.72. The van der Waals surface area contributed by atoms with Crippen molar-refractivity contribution in [2.45, 2.75) is 38.8 Å². The lowest BCUT2D eigenvalue weighted by Crippen LogP contribution is -2.26. The van der Waals surface area contributed by atoms with Gasteiger partial charge < -0.3 is 10.8 Å². The lowest BCUT2D eigenvalue weighted by atomic mass is 9.96. The highest BCUT2D eigenvalue weighted by Crippen LogP contribution is 2.21. The Balaban J connectivity index is 0.00000289. The average Bonchev–Trinajstić information content (AvgIpc) is 2.23. The minimum atomic E-state index is -0.779. The predicted octanol–water partition coefficient (Wildman–Crippen LogP) is 3.18. The Hall–Kier alpha value is -0.710. The van der Waals surface area contributed by atoms with Gasteiger partial charge in [-0.15, -0.1) is 12.4 Å².